The smallest absolute Gasteiger partial charge is 0.116 e. The summed E-state index contributed by atoms with van der Waals surface area (Å²) in [5.74, 6) is 2.66. The molecule has 0 aromatic heterocycles. The summed E-state index contributed by atoms with van der Waals surface area (Å²) in [6.45, 7) is 7.41. The zero-order valence-corrected chi connectivity index (χ0v) is 13.4. The van der Waals surface area contributed by atoms with Gasteiger partial charge >= 0.3 is 0 Å². The van der Waals surface area contributed by atoms with Gasteiger partial charge in [-0.25, -0.2) is 0 Å². The fourth-order valence-corrected chi connectivity index (χ4v) is 2.96. The molecule has 0 spiro atoms. The van der Waals surface area contributed by atoms with Crippen LogP contribution in [-0.2, 0) is 11.3 Å². The molecule has 0 amide bonds. The van der Waals surface area contributed by atoms with Crippen molar-refractivity contribution in [1.82, 2.24) is 0 Å². The number of hydrogen-bond acceptors (Lipinski definition) is 1. The van der Waals surface area contributed by atoms with Crippen LogP contribution in [0.3, 0.4) is 0 Å². The van der Waals surface area contributed by atoms with Crippen molar-refractivity contribution < 1.29 is 4.74 Å². The van der Waals surface area contributed by atoms with Crippen LogP contribution in [0.2, 0.25) is 0 Å². The Hall–Kier alpha value is -1.02. The third-order valence-electron chi connectivity index (χ3n) is 3.67. The van der Waals surface area contributed by atoms with E-state index in [0.717, 1.165) is 5.76 Å². The lowest BCUT2D eigenvalue weighted by molar-refractivity contribution is 0.201. The maximum Gasteiger partial charge on any atom is 0.116 e. The van der Waals surface area contributed by atoms with Gasteiger partial charge in [-0.3, -0.25) is 0 Å². The predicted molar refractivity (Wildman–Crippen MR) is 83.8 cm³/mol. The van der Waals surface area contributed by atoms with Gasteiger partial charge in [-0.05, 0) is 35.5 Å². The summed E-state index contributed by atoms with van der Waals surface area (Å²) < 4.78 is 7.16. The maximum absolute atomic E-state index is 5.92. The molecular formula is C17H21BrO. The fraction of sp³-hybridized carbons (Fsp3) is 0.412. The van der Waals surface area contributed by atoms with Crippen LogP contribution >= 0.6 is 15.9 Å². The molecule has 2 heteroatoms. The number of ether oxygens (including phenoxy) is 1. The number of hydrogen-bond donors (Lipinski definition) is 0. The highest BCUT2D eigenvalue weighted by atomic mass is 79.9. The third-order valence-corrected chi connectivity index (χ3v) is 4.62. The lowest BCUT2D eigenvalue weighted by Gasteiger charge is -2.29. The number of rotatable bonds is 4. The number of halogens is 1. The topological polar surface area (TPSA) is 9.23 Å². The first-order valence-electron chi connectivity index (χ1n) is 6.83. The van der Waals surface area contributed by atoms with Gasteiger partial charge in [0.15, 0.2) is 0 Å². The summed E-state index contributed by atoms with van der Waals surface area (Å²) in [6.07, 6.45) is 4.37. The average molecular weight is 321 g/mol. The van der Waals surface area contributed by atoms with E-state index < -0.39 is 0 Å². The molecule has 2 unspecified atom stereocenters. The van der Waals surface area contributed by atoms with E-state index in [1.165, 1.54) is 10.0 Å². The quantitative estimate of drug-likeness (QED) is 0.732. The van der Waals surface area contributed by atoms with Crippen molar-refractivity contribution in [2.24, 2.45) is 17.8 Å². The van der Waals surface area contributed by atoms with Crippen LogP contribution in [0.25, 0.3) is 0 Å². The summed E-state index contributed by atoms with van der Waals surface area (Å²) >= 11 is 3.67. The first kappa shape index (κ1) is 14.4. The Balaban J connectivity index is 2.05. The average Bonchev–Trinajstić information content (AvgIpc) is 2.41. The number of allylic oxidation sites excluding steroid dienone is 3. The third kappa shape index (κ3) is 3.73. The summed E-state index contributed by atoms with van der Waals surface area (Å²) in [5.41, 5.74) is 1.20. The monoisotopic (exact) mass is 320 g/mol. The van der Waals surface area contributed by atoms with Crippen LogP contribution in [0.5, 0.6) is 0 Å². The van der Waals surface area contributed by atoms with E-state index in [4.69, 9.17) is 4.74 Å². The summed E-state index contributed by atoms with van der Waals surface area (Å²) in [4.78, 5) is 0. The van der Waals surface area contributed by atoms with Gasteiger partial charge in [0.2, 0.25) is 0 Å². The van der Waals surface area contributed by atoms with Gasteiger partial charge in [0.25, 0.3) is 0 Å². The van der Waals surface area contributed by atoms with E-state index in [9.17, 15) is 0 Å². The molecule has 2 atom stereocenters. The van der Waals surface area contributed by atoms with E-state index in [2.05, 4.69) is 61.0 Å². The van der Waals surface area contributed by atoms with Crippen molar-refractivity contribution in [1.29, 1.82) is 0 Å². The van der Waals surface area contributed by atoms with Crippen LogP contribution in [0.15, 0.2) is 52.7 Å². The van der Waals surface area contributed by atoms with Crippen LogP contribution in [0.4, 0.5) is 0 Å². The fourth-order valence-electron chi connectivity index (χ4n) is 2.43. The molecule has 0 saturated heterocycles. The lowest BCUT2D eigenvalue weighted by Crippen LogP contribution is -2.19. The molecule has 0 saturated carbocycles. The van der Waals surface area contributed by atoms with Crippen LogP contribution in [-0.4, -0.2) is 0 Å². The van der Waals surface area contributed by atoms with Gasteiger partial charge in [0.05, 0.1) is 0 Å². The highest BCUT2D eigenvalue weighted by molar-refractivity contribution is 9.11. The van der Waals surface area contributed by atoms with E-state index in [1.54, 1.807) is 0 Å². The van der Waals surface area contributed by atoms with Crippen molar-refractivity contribution in [2.45, 2.75) is 27.4 Å². The summed E-state index contributed by atoms with van der Waals surface area (Å²) in [7, 11) is 0. The minimum absolute atomic E-state index is 0.532. The molecule has 1 aliphatic carbocycles. The summed E-state index contributed by atoms with van der Waals surface area (Å²) in [6, 6.07) is 10.3. The van der Waals surface area contributed by atoms with Crippen LogP contribution in [0.1, 0.15) is 26.3 Å². The molecule has 1 aromatic carbocycles. The standard InChI is InChI=1S/C17H21BrO/c1-12(2)16-9-15(10-17(18)13(16)3)19-11-14-7-5-4-6-8-14/h4-10,12-13,16H,11H2,1-3H3. The van der Waals surface area contributed by atoms with Gasteiger partial charge in [0, 0.05) is 4.48 Å². The van der Waals surface area contributed by atoms with Crippen molar-refractivity contribution >= 4 is 15.9 Å². The molecule has 1 nitrogen and oxygen atoms in total. The Morgan fingerprint density at radius 2 is 1.89 bits per heavy atom. The second-order valence-corrected chi connectivity index (χ2v) is 6.40. The molecular weight excluding hydrogens is 300 g/mol. The molecule has 0 aliphatic heterocycles. The van der Waals surface area contributed by atoms with E-state index >= 15 is 0 Å². The highest BCUT2D eigenvalue weighted by Crippen LogP contribution is 2.37. The predicted octanol–water partition coefficient (Wildman–Crippen LogP) is 5.29. The van der Waals surface area contributed by atoms with Gasteiger partial charge in [-0.1, -0.05) is 67.0 Å². The second-order valence-electron chi connectivity index (χ2n) is 5.48. The zero-order chi connectivity index (χ0) is 13.8. The SMILES string of the molecule is CC(C)C1C=C(OCc2ccccc2)C=C(Br)C1C. The molecule has 1 aliphatic rings. The molecule has 19 heavy (non-hydrogen) atoms. The second kappa shape index (κ2) is 6.42. The number of benzene rings is 1. The maximum atomic E-state index is 5.92. The van der Waals surface area contributed by atoms with Crippen molar-refractivity contribution in [3.8, 4) is 0 Å². The van der Waals surface area contributed by atoms with Gasteiger partial charge in [0.1, 0.15) is 12.4 Å². The molecule has 1 aromatic rings. The first-order valence-corrected chi connectivity index (χ1v) is 7.63. The molecule has 0 bridgehead atoms. The minimum Gasteiger partial charge on any atom is -0.489 e. The van der Waals surface area contributed by atoms with E-state index in [-0.39, 0.29) is 0 Å². The highest BCUT2D eigenvalue weighted by Gasteiger charge is 2.25. The Morgan fingerprint density at radius 1 is 1.21 bits per heavy atom. The normalized spacial score (nSPS) is 23.0. The van der Waals surface area contributed by atoms with Crippen LogP contribution < -0.4 is 0 Å². The molecule has 0 radical (unpaired) electrons. The van der Waals surface area contributed by atoms with Crippen molar-refractivity contribution in [2.75, 3.05) is 0 Å². The minimum atomic E-state index is 0.532. The molecule has 0 N–H and O–H groups in total. The Labute approximate surface area is 124 Å². The van der Waals surface area contributed by atoms with E-state index in [1.807, 2.05) is 18.2 Å². The van der Waals surface area contributed by atoms with E-state index in [0.29, 0.717) is 24.4 Å². The van der Waals surface area contributed by atoms with Gasteiger partial charge < -0.3 is 4.74 Å². The zero-order valence-electron chi connectivity index (χ0n) is 11.8. The van der Waals surface area contributed by atoms with Crippen LogP contribution in [0, 0.1) is 17.8 Å². The Kier molecular flexibility index (Phi) is 4.87. The molecule has 0 fully saturated rings. The summed E-state index contributed by atoms with van der Waals surface area (Å²) in [5, 5.41) is 0. The first-order chi connectivity index (χ1) is 9.08. The molecule has 102 valence electrons. The Morgan fingerprint density at radius 3 is 2.53 bits per heavy atom. The lowest BCUT2D eigenvalue weighted by atomic mass is 9.81. The van der Waals surface area contributed by atoms with Crippen molar-refractivity contribution in [3.05, 3.63) is 58.3 Å². The van der Waals surface area contributed by atoms with Gasteiger partial charge in [-0.2, -0.15) is 0 Å². The molecule has 2 rings (SSSR count). The largest absolute Gasteiger partial charge is 0.489 e. The Bertz CT molecular complexity index is 473. The van der Waals surface area contributed by atoms with Gasteiger partial charge in [-0.15, -0.1) is 0 Å². The van der Waals surface area contributed by atoms with Crippen molar-refractivity contribution in [3.63, 3.8) is 0 Å². The molecule has 0 heterocycles.